The lowest BCUT2D eigenvalue weighted by molar-refractivity contribution is -0.127. The molecule has 35 heavy (non-hydrogen) atoms. The summed E-state index contributed by atoms with van der Waals surface area (Å²) in [5.74, 6) is -0.0887. The van der Waals surface area contributed by atoms with Gasteiger partial charge in [0.2, 0.25) is 5.91 Å². The number of hydroxylamine groups is 1. The molecule has 1 aromatic heterocycles. The van der Waals surface area contributed by atoms with Gasteiger partial charge in [0.05, 0.1) is 24.1 Å². The first kappa shape index (κ1) is 24.8. The van der Waals surface area contributed by atoms with E-state index in [2.05, 4.69) is 10.4 Å². The molecule has 1 aliphatic heterocycles. The minimum Gasteiger partial charge on any atom is -0.351 e. The number of para-hydroxylation sites is 1. The second kappa shape index (κ2) is 10.5. The average Bonchev–Trinajstić information content (AvgIpc) is 3.44. The predicted octanol–water partition coefficient (Wildman–Crippen LogP) is 2.01. The molecule has 0 bridgehead atoms. The molecular weight excluding hydrogens is 470 g/mol. The zero-order chi connectivity index (χ0) is 25.0. The van der Waals surface area contributed by atoms with Crippen LogP contribution in [0.4, 0.5) is 0 Å². The van der Waals surface area contributed by atoms with Gasteiger partial charge >= 0.3 is 0 Å². The Morgan fingerprint density at radius 1 is 1.17 bits per heavy atom. The summed E-state index contributed by atoms with van der Waals surface area (Å²) >= 11 is 0. The first-order valence-corrected chi connectivity index (χ1v) is 12.9. The summed E-state index contributed by atoms with van der Waals surface area (Å²) in [4.78, 5) is 31.4. The molecule has 1 saturated heterocycles. The monoisotopic (exact) mass is 499 g/mol. The molecule has 3 aromatic rings. The van der Waals surface area contributed by atoms with Crippen molar-refractivity contribution in [3.8, 4) is 0 Å². The zero-order valence-corrected chi connectivity index (χ0v) is 20.6. The number of rotatable bonds is 10. The van der Waals surface area contributed by atoms with Gasteiger partial charge in [0.25, 0.3) is 15.9 Å². The number of amides is 2. The molecule has 11 heteroatoms. The third-order valence-corrected chi connectivity index (χ3v) is 7.78. The number of fused-ring (bicyclic) bond motifs is 1. The third-order valence-electron chi connectivity index (χ3n) is 6.08. The van der Waals surface area contributed by atoms with Crippen molar-refractivity contribution in [2.24, 2.45) is 0 Å². The molecule has 0 saturated carbocycles. The van der Waals surface area contributed by atoms with Gasteiger partial charge in [-0.05, 0) is 36.6 Å². The topological polar surface area (TPSA) is 114 Å². The van der Waals surface area contributed by atoms with Gasteiger partial charge in [-0.3, -0.25) is 19.1 Å². The summed E-state index contributed by atoms with van der Waals surface area (Å²) < 4.78 is 27.3. The minimum absolute atomic E-state index is 0.117. The van der Waals surface area contributed by atoms with E-state index in [1.54, 1.807) is 16.8 Å². The van der Waals surface area contributed by atoms with E-state index in [1.165, 1.54) is 26.3 Å². The number of carbonyl (C=O) groups excluding carboxylic acids is 2. The van der Waals surface area contributed by atoms with Crippen molar-refractivity contribution in [2.75, 3.05) is 33.8 Å². The van der Waals surface area contributed by atoms with Crippen LogP contribution in [0.2, 0.25) is 0 Å². The van der Waals surface area contributed by atoms with Crippen molar-refractivity contribution in [2.45, 2.75) is 30.7 Å². The number of hydrogen-bond donors (Lipinski definition) is 1. The van der Waals surface area contributed by atoms with E-state index in [0.717, 1.165) is 33.9 Å². The summed E-state index contributed by atoms with van der Waals surface area (Å²) in [7, 11) is -1.11. The Morgan fingerprint density at radius 2 is 1.91 bits per heavy atom. The molecule has 0 spiro atoms. The van der Waals surface area contributed by atoms with Gasteiger partial charge in [-0.1, -0.05) is 34.8 Å². The van der Waals surface area contributed by atoms with E-state index in [1.807, 2.05) is 29.2 Å². The van der Waals surface area contributed by atoms with Crippen molar-refractivity contribution in [3.63, 3.8) is 0 Å². The number of aromatic nitrogens is 2. The highest BCUT2D eigenvalue weighted by Gasteiger charge is 2.22. The van der Waals surface area contributed by atoms with Crippen molar-refractivity contribution >= 4 is 32.7 Å². The van der Waals surface area contributed by atoms with E-state index >= 15 is 0 Å². The van der Waals surface area contributed by atoms with Gasteiger partial charge in [0.15, 0.2) is 5.69 Å². The van der Waals surface area contributed by atoms with E-state index in [4.69, 9.17) is 4.84 Å². The Hall–Kier alpha value is -3.28. The molecule has 2 aromatic carbocycles. The third kappa shape index (κ3) is 5.37. The van der Waals surface area contributed by atoms with Crippen molar-refractivity contribution in [1.29, 1.82) is 0 Å². The van der Waals surface area contributed by atoms with Crippen LogP contribution in [0.15, 0.2) is 53.4 Å². The molecule has 4 rings (SSSR count). The number of nitrogens with one attached hydrogen (secondary N) is 1. The van der Waals surface area contributed by atoms with Crippen molar-refractivity contribution in [3.05, 3.63) is 59.8 Å². The highest BCUT2D eigenvalue weighted by atomic mass is 32.2. The van der Waals surface area contributed by atoms with Crippen LogP contribution in [-0.4, -0.2) is 73.2 Å². The smallest absolute Gasteiger partial charge is 0.272 e. The Morgan fingerprint density at radius 3 is 2.60 bits per heavy atom. The molecule has 0 unspecified atom stereocenters. The van der Waals surface area contributed by atoms with Crippen molar-refractivity contribution in [1.82, 2.24) is 24.5 Å². The number of carbonyl (C=O) groups is 2. The zero-order valence-electron chi connectivity index (χ0n) is 19.8. The highest BCUT2D eigenvalue weighted by molar-refractivity contribution is 7.89. The van der Waals surface area contributed by atoms with Crippen LogP contribution in [-0.2, 0) is 26.2 Å². The summed E-state index contributed by atoms with van der Waals surface area (Å²) in [6.45, 7) is 2.25. The van der Waals surface area contributed by atoms with Crippen LogP contribution in [0.25, 0.3) is 10.9 Å². The SMILES string of the molecule is CON(C)S(=O)(=O)c1ccc(Cn2nc(C(=O)NCCCN3CCCC3=O)c3ccccc32)cc1. The molecule has 2 amide bonds. The van der Waals surface area contributed by atoms with Crippen LogP contribution >= 0.6 is 0 Å². The number of hydrogen-bond acceptors (Lipinski definition) is 6. The van der Waals surface area contributed by atoms with Gasteiger partial charge in [0, 0.05) is 38.5 Å². The number of likely N-dealkylation sites (tertiary alicyclic amines) is 1. The lowest BCUT2D eigenvalue weighted by atomic mass is 10.2. The summed E-state index contributed by atoms with van der Waals surface area (Å²) in [6, 6.07) is 14.0. The minimum atomic E-state index is -3.73. The maximum absolute atomic E-state index is 12.9. The molecule has 10 nitrogen and oxygen atoms in total. The fourth-order valence-corrected chi connectivity index (χ4v) is 5.07. The Labute approximate surface area is 204 Å². The van der Waals surface area contributed by atoms with Gasteiger partial charge in [0.1, 0.15) is 0 Å². The second-order valence-corrected chi connectivity index (χ2v) is 10.3. The molecule has 0 aliphatic carbocycles. The van der Waals surface area contributed by atoms with Crippen LogP contribution in [0.5, 0.6) is 0 Å². The van der Waals surface area contributed by atoms with E-state index in [-0.39, 0.29) is 16.7 Å². The maximum Gasteiger partial charge on any atom is 0.272 e. The predicted molar refractivity (Wildman–Crippen MR) is 130 cm³/mol. The van der Waals surface area contributed by atoms with Crippen LogP contribution in [0, 0.1) is 0 Å². The standard InChI is InChI=1S/C24H29N5O5S/c1-27(34-2)35(32,33)19-12-10-18(11-13-19)17-29-21-8-4-3-7-20(21)23(26-29)24(31)25-14-6-16-28-15-5-9-22(28)30/h3-4,7-8,10-13H,5-6,9,14-17H2,1-2H3,(H,25,31). The lowest BCUT2D eigenvalue weighted by Gasteiger charge is -2.15. The van der Waals surface area contributed by atoms with E-state index < -0.39 is 10.0 Å². The molecule has 1 fully saturated rings. The highest BCUT2D eigenvalue weighted by Crippen LogP contribution is 2.21. The summed E-state index contributed by atoms with van der Waals surface area (Å²) in [6.07, 6.45) is 2.19. The number of sulfonamides is 1. The molecule has 0 radical (unpaired) electrons. The molecule has 0 atom stereocenters. The van der Waals surface area contributed by atoms with Gasteiger partial charge < -0.3 is 10.2 Å². The quantitative estimate of drug-likeness (QED) is 0.337. The van der Waals surface area contributed by atoms with Crippen LogP contribution < -0.4 is 5.32 Å². The molecule has 2 heterocycles. The molecular formula is C24H29N5O5S. The van der Waals surface area contributed by atoms with Gasteiger partial charge in [-0.2, -0.15) is 5.10 Å². The van der Waals surface area contributed by atoms with Gasteiger partial charge in [-0.25, -0.2) is 8.42 Å². The Balaban J connectivity index is 1.46. The lowest BCUT2D eigenvalue weighted by Crippen LogP contribution is -2.31. The fraction of sp³-hybridized carbons (Fsp3) is 0.375. The first-order chi connectivity index (χ1) is 16.8. The van der Waals surface area contributed by atoms with Gasteiger partial charge in [-0.15, -0.1) is 0 Å². The van der Waals surface area contributed by atoms with E-state index in [0.29, 0.717) is 38.2 Å². The summed E-state index contributed by atoms with van der Waals surface area (Å²) in [5.41, 5.74) is 1.97. The first-order valence-electron chi connectivity index (χ1n) is 11.4. The summed E-state index contributed by atoms with van der Waals surface area (Å²) in [5, 5.41) is 8.21. The second-order valence-electron chi connectivity index (χ2n) is 8.36. The normalized spacial score (nSPS) is 14.3. The maximum atomic E-state index is 12.9. The molecule has 1 N–H and O–H groups in total. The van der Waals surface area contributed by atoms with Crippen LogP contribution in [0.3, 0.4) is 0 Å². The largest absolute Gasteiger partial charge is 0.351 e. The molecule has 186 valence electrons. The average molecular weight is 500 g/mol. The number of nitrogens with zero attached hydrogens (tertiary/aromatic N) is 4. The molecule has 1 aliphatic rings. The fourth-order valence-electron chi connectivity index (χ4n) is 4.10. The van der Waals surface area contributed by atoms with Crippen molar-refractivity contribution < 1.29 is 22.8 Å². The van der Waals surface area contributed by atoms with Crippen LogP contribution in [0.1, 0.15) is 35.3 Å². The number of benzene rings is 2. The Kier molecular flexibility index (Phi) is 7.48. The Bertz CT molecular complexity index is 1320. The van der Waals surface area contributed by atoms with E-state index in [9.17, 15) is 18.0 Å².